The summed E-state index contributed by atoms with van der Waals surface area (Å²) < 4.78 is 6.94. The minimum Gasteiger partial charge on any atom is -0.437 e. The number of aromatic nitrogens is 3. The van der Waals surface area contributed by atoms with Gasteiger partial charge in [0, 0.05) is 0 Å². The van der Waals surface area contributed by atoms with Crippen LogP contribution in [-0.4, -0.2) is 15.0 Å². The Morgan fingerprint density at radius 1 is 1.11 bits per heavy atom. The number of aryl methyl sites for hydroxylation is 2. The van der Waals surface area contributed by atoms with Crippen molar-refractivity contribution >= 4 is 38.2 Å². The van der Waals surface area contributed by atoms with Gasteiger partial charge in [0.25, 0.3) is 0 Å². The maximum atomic E-state index is 6.22. The first-order chi connectivity index (χ1) is 13.1. The highest BCUT2D eigenvalue weighted by Crippen LogP contribution is 2.34. The molecule has 4 aromatic rings. The molecule has 0 radical (unpaired) electrons. The molecule has 4 rings (SSSR count). The SMILES string of the molecule is CCc1ccc(Oc2ncnc(Nc3nc4c(C)cccc4s3)c2N)cc1. The van der Waals surface area contributed by atoms with Gasteiger partial charge in [-0.3, -0.25) is 0 Å². The van der Waals surface area contributed by atoms with Crippen LogP contribution in [0.5, 0.6) is 11.6 Å². The van der Waals surface area contributed by atoms with Gasteiger partial charge in [0.05, 0.1) is 10.2 Å². The van der Waals surface area contributed by atoms with Crippen LogP contribution < -0.4 is 15.8 Å². The maximum Gasteiger partial charge on any atom is 0.248 e. The Morgan fingerprint density at radius 3 is 2.67 bits per heavy atom. The van der Waals surface area contributed by atoms with Crippen molar-refractivity contribution in [3.05, 3.63) is 59.9 Å². The van der Waals surface area contributed by atoms with Gasteiger partial charge in [-0.25, -0.2) is 9.97 Å². The zero-order chi connectivity index (χ0) is 18.8. The third-order valence-corrected chi connectivity index (χ3v) is 5.18. The largest absolute Gasteiger partial charge is 0.437 e. The van der Waals surface area contributed by atoms with Crippen LogP contribution in [0, 0.1) is 6.92 Å². The molecule has 0 bridgehead atoms. The Balaban J connectivity index is 1.59. The topological polar surface area (TPSA) is 86.0 Å². The molecule has 3 N–H and O–H groups in total. The third kappa shape index (κ3) is 3.54. The number of nitrogens with two attached hydrogens (primary N) is 1. The lowest BCUT2D eigenvalue weighted by atomic mass is 10.2. The number of thiazole rings is 1. The third-order valence-electron chi connectivity index (χ3n) is 4.24. The number of hydrogen-bond donors (Lipinski definition) is 2. The van der Waals surface area contributed by atoms with Crippen LogP contribution in [0.3, 0.4) is 0 Å². The molecule has 136 valence electrons. The second-order valence-corrected chi connectivity index (χ2v) is 7.14. The second kappa shape index (κ2) is 7.20. The number of anilines is 3. The second-order valence-electron chi connectivity index (χ2n) is 6.11. The minimum absolute atomic E-state index is 0.314. The number of nitrogens with one attached hydrogen (secondary N) is 1. The first kappa shape index (κ1) is 17.2. The van der Waals surface area contributed by atoms with Crippen molar-refractivity contribution in [3.8, 4) is 11.6 Å². The highest BCUT2D eigenvalue weighted by molar-refractivity contribution is 7.22. The van der Waals surface area contributed by atoms with Crippen LogP contribution >= 0.6 is 11.3 Å². The fourth-order valence-electron chi connectivity index (χ4n) is 2.71. The molecular weight excluding hydrogens is 358 g/mol. The van der Waals surface area contributed by atoms with E-state index in [4.69, 9.17) is 10.5 Å². The smallest absolute Gasteiger partial charge is 0.248 e. The molecule has 0 aliphatic carbocycles. The summed E-state index contributed by atoms with van der Waals surface area (Å²) in [5.41, 5.74) is 9.91. The monoisotopic (exact) mass is 377 g/mol. The van der Waals surface area contributed by atoms with Crippen LogP contribution in [0.4, 0.5) is 16.6 Å². The van der Waals surface area contributed by atoms with Gasteiger partial charge in [0.15, 0.2) is 10.9 Å². The molecule has 0 spiro atoms. The molecular formula is C20H19N5OS. The molecule has 0 unspecified atom stereocenters. The number of para-hydroxylation sites is 1. The van der Waals surface area contributed by atoms with Gasteiger partial charge < -0.3 is 15.8 Å². The van der Waals surface area contributed by atoms with Crippen molar-refractivity contribution in [2.75, 3.05) is 11.1 Å². The van der Waals surface area contributed by atoms with E-state index < -0.39 is 0 Å². The Kier molecular flexibility index (Phi) is 4.60. The number of nitrogens with zero attached hydrogens (tertiary/aromatic N) is 3. The molecule has 0 saturated heterocycles. The Labute approximate surface area is 161 Å². The van der Waals surface area contributed by atoms with Gasteiger partial charge in [0.2, 0.25) is 5.88 Å². The van der Waals surface area contributed by atoms with E-state index in [1.807, 2.05) is 49.4 Å². The predicted octanol–water partition coefficient (Wildman–Crippen LogP) is 5.08. The van der Waals surface area contributed by atoms with Crippen molar-refractivity contribution in [2.45, 2.75) is 20.3 Å². The summed E-state index contributed by atoms with van der Waals surface area (Å²) in [5, 5.41) is 3.91. The standard InChI is InChI=1S/C20H19N5OS/c1-3-13-7-9-14(10-8-13)26-19-16(21)18(22-11-23-19)25-20-24-17-12(2)5-4-6-15(17)27-20/h4-11H,3,21H2,1-2H3,(H,22,23,24,25). The summed E-state index contributed by atoms with van der Waals surface area (Å²) in [6, 6.07) is 14.0. The lowest BCUT2D eigenvalue weighted by Gasteiger charge is -2.10. The lowest BCUT2D eigenvalue weighted by molar-refractivity contribution is 0.464. The zero-order valence-corrected chi connectivity index (χ0v) is 15.9. The molecule has 2 heterocycles. The number of rotatable bonds is 5. The molecule has 0 aliphatic heterocycles. The predicted molar refractivity (Wildman–Crippen MR) is 110 cm³/mol. The zero-order valence-electron chi connectivity index (χ0n) is 15.1. The first-order valence-electron chi connectivity index (χ1n) is 8.64. The van der Waals surface area contributed by atoms with Gasteiger partial charge in [-0.15, -0.1) is 0 Å². The summed E-state index contributed by atoms with van der Waals surface area (Å²) >= 11 is 1.55. The van der Waals surface area contributed by atoms with Crippen molar-refractivity contribution in [3.63, 3.8) is 0 Å². The van der Waals surface area contributed by atoms with E-state index in [1.165, 1.54) is 11.9 Å². The number of ether oxygens (including phenoxy) is 1. The fraction of sp³-hybridized carbons (Fsp3) is 0.150. The van der Waals surface area contributed by atoms with Crippen LogP contribution in [0.25, 0.3) is 10.2 Å². The molecule has 7 heteroatoms. The molecule has 0 atom stereocenters. The first-order valence-corrected chi connectivity index (χ1v) is 9.46. The van der Waals surface area contributed by atoms with Crippen molar-refractivity contribution in [1.82, 2.24) is 15.0 Å². The highest BCUT2D eigenvalue weighted by Gasteiger charge is 2.13. The molecule has 0 amide bonds. The number of fused-ring (bicyclic) bond motifs is 1. The summed E-state index contributed by atoms with van der Waals surface area (Å²) in [6.07, 6.45) is 2.40. The van der Waals surface area contributed by atoms with E-state index in [2.05, 4.69) is 27.2 Å². The quantitative estimate of drug-likeness (QED) is 0.505. The van der Waals surface area contributed by atoms with E-state index in [0.29, 0.717) is 23.1 Å². The molecule has 6 nitrogen and oxygen atoms in total. The highest BCUT2D eigenvalue weighted by atomic mass is 32.1. The van der Waals surface area contributed by atoms with Gasteiger partial charge in [-0.1, -0.05) is 42.5 Å². The lowest BCUT2D eigenvalue weighted by Crippen LogP contribution is -2.03. The summed E-state index contributed by atoms with van der Waals surface area (Å²) in [7, 11) is 0. The fourth-order valence-corrected chi connectivity index (χ4v) is 3.65. The van der Waals surface area contributed by atoms with Gasteiger partial charge in [0.1, 0.15) is 17.8 Å². The van der Waals surface area contributed by atoms with Gasteiger partial charge >= 0.3 is 0 Å². The van der Waals surface area contributed by atoms with Crippen LogP contribution in [0.1, 0.15) is 18.1 Å². The summed E-state index contributed by atoms with van der Waals surface area (Å²) in [4.78, 5) is 13.0. The Bertz CT molecular complexity index is 1090. The van der Waals surface area contributed by atoms with Gasteiger partial charge in [-0.05, 0) is 42.7 Å². The van der Waals surface area contributed by atoms with Gasteiger partial charge in [-0.2, -0.15) is 4.98 Å². The van der Waals surface area contributed by atoms with E-state index in [0.717, 1.165) is 27.3 Å². The average Bonchev–Trinajstić information content (AvgIpc) is 3.10. The summed E-state index contributed by atoms with van der Waals surface area (Å²) in [6.45, 7) is 4.15. The average molecular weight is 377 g/mol. The minimum atomic E-state index is 0.314. The van der Waals surface area contributed by atoms with E-state index in [-0.39, 0.29) is 0 Å². The van der Waals surface area contributed by atoms with Crippen molar-refractivity contribution in [2.24, 2.45) is 0 Å². The molecule has 27 heavy (non-hydrogen) atoms. The number of benzene rings is 2. The molecule has 0 aliphatic rings. The van der Waals surface area contributed by atoms with Crippen LogP contribution in [0.15, 0.2) is 48.8 Å². The van der Waals surface area contributed by atoms with Crippen molar-refractivity contribution in [1.29, 1.82) is 0 Å². The van der Waals surface area contributed by atoms with Crippen molar-refractivity contribution < 1.29 is 4.74 Å². The normalized spacial score (nSPS) is 10.9. The van der Waals surface area contributed by atoms with Crippen LogP contribution in [0.2, 0.25) is 0 Å². The Hall–Kier alpha value is -3.19. The van der Waals surface area contributed by atoms with E-state index in [1.54, 1.807) is 11.3 Å². The number of hydrogen-bond acceptors (Lipinski definition) is 7. The molecule has 0 fully saturated rings. The molecule has 2 aromatic heterocycles. The summed E-state index contributed by atoms with van der Waals surface area (Å²) in [5.74, 6) is 1.47. The molecule has 0 saturated carbocycles. The van der Waals surface area contributed by atoms with E-state index >= 15 is 0 Å². The number of nitrogen functional groups attached to an aromatic ring is 1. The maximum absolute atomic E-state index is 6.22. The van der Waals surface area contributed by atoms with E-state index in [9.17, 15) is 0 Å². The molecule has 2 aromatic carbocycles. The Morgan fingerprint density at radius 2 is 1.93 bits per heavy atom. The van der Waals surface area contributed by atoms with Crippen LogP contribution in [-0.2, 0) is 6.42 Å².